The third kappa shape index (κ3) is 2.50. The van der Waals surface area contributed by atoms with Crippen LogP contribution in [-0.4, -0.2) is 9.97 Å². The van der Waals surface area contributed by atoms with Crippen molar-refractivity contribution in [1.82, 2.24) is 9.97 Å². The van der Waals surface area contributed by atoms with Gasteiger partial charge in [-0.3, -0.25) is 0 Å². The zero-order chi connectivity index (χ0) is 16.8. The van der Waals surface area contributed by atoms with Gasteiger partial charge in [-0.2, -0.15) is 0 Å². The lowest BCUT2D eigenvalue weighted by atomic mass is 10.1. The van der Waals surface area contributed by atoms with Crippen LogP contribution in [0.3, 0.4) is 0 Å². The van der Waals surface area contributed by atoms with E-state index in [-0.39, 0.29) is 0 Å². The van der Waals surface area contributed by atoms with Gasteiger partial charge < -0.3 is 8.83 Å². The van der Waals surface area contributed by atoms with Gasteiger partial charge in [0.2, 0.25) is 11.8 Å². The maximum absolute atomic E-state index is 5.83. The molecule has 4 rings (SSSR count). The van der Waals surface area contributed by atoms with Crippen LogP contribution in [0.1, 0.15) is 34.0 Å². The van der Waals surface area contributed by atoms with Crippen molar-refractivity contribution in [2.75, 3.05) is 0 Å². The maximum atomic E-state index is 5.83. The summed E-state index contributed by atoms with van der Waals surface area (Å²) < 4.78 is 11.7. The summed E-state index contributed by atoms with van der Waals surface area (Å²) in [5, 5.41) is 0. The average molecular weight is 318 g/mol. The summed E-state index contributed by atoms with van der Waals surface area (Å²) in [7, 11) is 0. The van der Waals surface area contributed by atoms with Crippen molar-refractivity contribution in [3.05, 3.63) is 58.3 Å². The van der Waals surface area contributed by atoms with Crippen LogP contribution in [0.2, 0.25) is 0 Å². The highest BCUT2D eigenvalue weighted by Gasteiger charge is 2.09. The molecule has 0 radical (unpaired) electrons. The summed E-state index contributed by atoms with van der Waals surface area (Å²) in [6, 6.07) is 8.23. The Morgan fingerprint density at radius 3 is 1.50 bits per heavy atom. The zero-order valence-corrected chi connectivity index (χ0v) is 14.2. The Balaban J connectivity index is 1.72. The number of fused-ring (bicyclic) bond motifs is 2. The molecule has 120 valence electrons. The molecule has 2 aromatic carbocycles. The van der Waals surface area contributed by atoms with Gasteiger partial charge in [0.25, 0.3) is 0 Å². The Labute approximate surface area is 139 Å². The van der Waals surface area contributed by atoms with Gasteiger partial charge >= 0.3 is 0 Å². The average Bonchev–Trinajstić information content (AvgIpc) is 3.08. The van der Waals surface area contributed by atoms with Crippen molar-refractivity contribution in [2.45, 2.75) is 27.7 Å². The quantitative estimate of drug-likeness (QED) is 0.498. The summed E-state index contributed by atoms with van der Waals surface area (Å²) in [4.78, 5) is 9.02. The first-order valence-corrected chi connectivity index (χ1v) is 7.93. The highest BCUT2D eigenvalue weighted by atomic mass is 16.4. The second-order valence-electron chi connectivity index (χ2n) is 6.30. The molecule has 4 aromatic rings. The molecule has 0 amide bonds. The number of aromatic nitrogens is 2. The molecule has 0 aliphatic carbocycles. The molecule has 2 aromatic heterocycles. The van der Waals surface area contributed by atoms with Crippen LogP contribution in [-0.2, 0) is 0 Å². The van der Waals surface area contributed by atoms with Crippen LogP contribution in [0.15, 0.2) is 33.1 Å². The van der Waals surface area contributed by atoms with E-state index in [1.54, 1.807) is 12.2 Å². The topological polar surface area (TPSA) is 52.1 Å². The van der Waals surface area contributed by atoms with E-state index in [1.165, 1.54) is 11.1 Å². The Bertz CT molecular complexity index is 1010. The minimum Gasteiger partial charge on any atom is -0.436 e. The lowest BCUT2D eigenvalue weighted by molar-refractivity contribution is 0.581. The highest BCUT2D eigenvalue weighted by Crippen LogP contribution is 2.24. The molecule has 24 heavy (non-hydrogen) atoms. The summed E-state index contributed by atoms with van der Waals surface area (Å²) >= 11 is 0. The molecular weight excluding hydrogens is 300 g/mol. The van der Waals surface area contributed by atoms with Crippen molar-refractivity contribution >= 4 is 34.4 Å². The first-order chi connectivity index (χ1) is 11.5. The number of nitrogens with zero attached hydrogens (tertiary/aromatic N) is 2. The molecule has 0 spiro atoms. The minimum absolute atomic E-state index is 0.550. The van der Waals surface area contributed by atoms with Crippen LogP contribution < -0.4 is 0 Å². The first-order valence-electron chi connectivity index (χ1n) is 7.93. The predicted octanol–water partition coefficient (Wildman–Crippen LogP) is 5.37. The van der Waals surface area contributed by atoms with E-state index >= 15 is 0 Å². The normalized spacial score (nSPS) is 12.0. The fourth-order valence-corrected chi connectivity index (χ4v) is 3.07. The number of benzene rings is 2. The summed E-state index contributed by atoms with van der Waals surface area (Å²) in [5.41, 5.74) is 7.92. The lowest BCUT2D eigenvalue weighted by Crippen LogP contribution is -1.78. The molecule has 0 saturated carbocycles. The van der Waals surface area contributed by atoms with E-state index < -0.39 is 0 Å². The van der Waals surface area contributed by atoms with Gasteiger partial charge in [-0.15, -0.1) is 0 Å². The van der Waals surface area contributed by atoms with Gasteiger partial charge in [0.05, 0.1) is 0 Å². The van der Waals surface area contributed by atoms with Crippen LogP contribution in [0.25, 0.3) is 34.4 Å². The first kappa shape index (κ1) is 14.7. The van der Waals surface area contributed by atoms with Crippen molar-refractivity contribution in [3.63, 3.8) is 0 Å². The van der Waals surface area contributed by atoms with E-state index in [0.29, 0.717) is 11.8 Å². The number of hydrogen-bond acceptors (Lipinski definition) is 4. The van der Waals surface area contributed by atoms with Gasteiger partial charge in [0.1, 0.15) is 11.0 Å². The third-order valence-electron chi connectivity index (χ3n) is 4.04. The molecule has 4 nitrogen and oxygen atoms in total. The zero-order valence-electron chi connectivity index (χ0n) is 14.2. The number of aryl methyl sites for hydroxylation is 4. The Kier molecular flexibility index (Phi) is 3.27. The van der Waals surface area contributed by atoms with E-state index in [9.17, 15) is 0 Å². The predicted molar refractivity (Wildman–Crippen MR) is 95.9 cm³/mol. The van der Waals surface area contributed by atoms with E-state index in [1.807, 2.05) is 26.0 Å². The Morgan fingerprint density at radius 1 is 0.667 bits per heavy atom. The Hall–Kier alpha value is -2.88. The molecule has 0 aliphatic heterocycles. The SMILES string of the molecule is Cc1cc(C)c2oc(C=Cc3nc4cc(C)cc(C)c4o3)nc2c1. The van der Waals surface area contributed by atoms with Gasteiger partial charge in [-0.05, 0) is 62.1 Å². The fourth-order valence-electron chi connectivity index (χ4n) is 3.07. The number of hydrogen-bond donors (Lipinski definition) is 0. The summed E-state index contributed by atoms with van der Waals surface area (Å²) in [5.74, 6) is 1.10. The van der Waals surface area contributed by atoms with Gasteiger partial charge in [0, 0.05) is 12.2 Å². The molecule has 0 fully saturated rings. The van der Waals surface area contributed by atoms with E-state index in [0.717, 1.165) is 33.3 Å². The van der Waals surface area contributed by atoms with E-state index in [2.05, 4.69) is 35.9 Å². The monoisotopic (exact) mass is 318 g/mol. The Morgan fingerprint density at radius 2 is 1.08 bits per heavy atom. The maximum Gasteiger partial charge on any atom is 0.220 e. The summed E-state index contributed by atoms with van der Waals surface area (Å²) in [6.45, 7) is 8.17. The van der Waals surface area contributed by atoms with Gasteiger partial charge in [-0.25, -0.2) is 9.97 Å². The molecule has 2 heterocycles. The van der Waals surface area contributed by atoms with Crippen LogP contribution >= 0.6 is 0 Å². The lowest BCUT2D eigenvalue weighted by Gasteiger charge is -1.94. The molecule has 0 atom stereocenters. The van der Waals surface area contributed by atoms with Gasteiger partial charge in [0.15, 0.2) is 11.2 Å². The van der Waals surface area contributed by atoms with E-state index in [4.69, 9.17) is 8.83 Å². The molecule has 0 unspecified atom stereocenters. The van der Waals surface area contributed by atoms with Crippen molar-refractivity contribution in [2.24, 2.45) is 0 Å². The van der Waals surface area contributed by atoms with Crippen molar-refractivity contribution in [3.8, 4) is 0 Å². The largest absolute Gasteiger partial charge is 0.436 e. The number of rotatable bonds is 2. The second-order valence-corrected chi connectivity index (χ2v) is 6.30. The molecule has 0 aliphatic rings. The molecule has 0 bridgehead atoms. The summed E-state index contributed by atoms with van der Waals surface area (Å²) in [6.07, 6.45) is 3.59. The number of oxazole rings is 2. The minimum atomic E-state index is 0.550. The van der Waals surface area contributed by atoms with Crippen LogP contribution in [0.5, 0.6) is 0 Å². The van der Waals surface area contributed by atoms with Crippen molar-refractivity contribution in [1.29, 1.82) is 0 Å². The van der Waals surface area contributed by atoms with Crippen LogP contribution in [0.4, 0.5) is 0 Å². The third-order valence-corrected chi connectivity index (χ3v) is 4.04. The standard InChI is InChI=1S/C20H18N2O2/c1-11-7-13(3)19-15(9-11)21-17(23-19)5-6-18-22-16-10-12(2)8-14(4)20(16)24-18/h5-10H,1-4H3. The molecular formula is C20H18N2O2. The smallest absolute Gasteiger partial charge is 0.220 e. The molecule has 4 heteroatoms. The molecule has 0 saturated heterocycles. The highest BCUT2D eigenvalue weighted by molar-refractivity contribution is 5.81. The van der Waals surface area contributed by atoms with Gasteiger partial charge in [-0.1, -0.05) is 12.1 Å². The van der Waals surface area contributed by atoms with Crippen LogP contribution in [0, 0.1) is 27.7 Å². The molecule has 0 N–H and O–H groups in total. The van der Waals surface area contributed by atoms with Crippen molar-refractivity contribution < 1.29 is 8.83 Å². The second kappa shape index (κ2) is 5.34. The fraction of sp³-hybridized carbons (Fsp3) is 0.200.